The molecule has 0 aromatic heterocycles. The largest absolute Gasteiger partial charge is 0.497 e. The number of esters is 1. The summed E-state index contributed by atoms with van der Waals surface area (Å²) in [4.78, 5) is 11.0. The molecular weight excluding hydrogens is 236 g/mol. The summed E-state index contributed by atoms with van der Waals surface area (Å²) < 4.78 is 14.9. The summed E-state index contributed by atoms with van der Waals surface area (Å²) in [6.45, 7) is -0.206. The normalized spacial score (nSPS) is 10.4. The third-order valence-electron chi connectivity index (χ3n) is 2.14. The van der Waals surface area contributed by atoms with Crippen LogP contribution in [0, 0.1) is 0 Å². The number of aliphatic hydroxyl groups is 1. The van der Waals surface area contributed by atoms with Crippen LogP contribution in [0.3, 0.4) is 0 Å². The van der Waals surface area contributed by atoms with Crippen molar-refractivity contribution in [2.24, 2.45) is 0 Å². The number of aliphatic hydroxyl groups excluding tert-OH is 1. The van der Waals surface area contributed by atoms with Gasteiger partial charge in [0, 0.05) is 6.07 Å². The second kappa shape index (κ2) is 7.34. The molecule has 1 aromatic carbocycles. The quantitative estimate of drug-likeness (QED) is 0.772. The molecule has 0 unspecified atom stereocenters. The predicted octanol–water partition coefficient (Wildman–Crippen LogP) is 1.25. The Hall–Kier alpha value is -2.01. The van der Waals surface area contributed by atoms with Gasteiger partial charge in [-0.25, -0.2) is 4.79 Å². The van der Waals surface area contributed by atoms with Gasteiger partial charge in [-0.2, -0.15) is 0 Å². The third-order valence-corrected chi connectivity index (χ3v) is 2.14. The van der Waals surface area contributed by atoms with Crippen LogP contribution in [-0.4, -0.2) is 38.5 Å². The van der Waals surface area contributed by atoms with Gasteiger partial charge in [0.1, 0.15) is 11.5 Å². The zero-order chi connectivity index (χ0) is 13.4. The van der Waals surface area contributed by atoms with Gasteiger partial charge in [0.25, 0.3) is 0 Å². The van der Waals surface area contributed by atoms with Crippen LogP contribution in [0.5, 0.6) is 11.5 Å². The fourth-order valence-electron chi connectivity index (χ4n) is 1.28. The lowest BCUT2D eigenvalue weighted by Crippen LogP contribution is -2.12. The smallest absolute Gasteiger partial charge is 0.343 e. The van der Waals surface area contributed by atoms with E-state index in [2.05, 4.69) is 4.74 Å². The van der Waals surface area contributed by atoms with E-state index in [9.17, 15) is 4.79 Å². The average Bonchev–Trinajstić information content (AvgIpc) is 2.42. The second-order valence-corrected chi connectivity index (χ2v) is 3.39. The van der Waals surface area contributed by atoms with Crippen LogP contribution < -0.4 is 9.47 Å². The Morgan fingerprint density at radius 2 is 2.00 bits per heavy atom. The van der Waals surface area contributed by atoms with Crippen molar-refractivity contribution in [1.82, 2.24) is 0 Å². The first-order valence-corrected chi connectivity index (χ1v) is 5.35. The summed E-state index contributed by atoms with van der Waals surface area (Å²) >= 11 is 0. The molecule has 98 valence electrons. The van der Waals surface area contributed by atoms with Crippen molar-refractivity contribution in [3.63, 3.8) is 0 Å². The molecule has 0 radical (unpaired) electrons. The van der Waals surface area contributed by atoms with Gasteiger partial charge in [0.15, 0.2) is 6.61 Å². The molecule has 0 amide bonds. The molecule has 0 aliphatic rings. The van der Waals surface area contributed by atoms with Crippen molar-refractivity contribution >= 4 is 12.0 Å². The van der Waals surface area contributed by atoms with Crippen LogP contribution in [0.2, 0.25) is 0 Å². The van der Waals surface area contributed by atoms with Gasteiger partial charge >= 0.3 is 5.97 Å². The maximum absolute atomic E-state index is 11.0. The van der Waals surface area contributed by atoms with Gasteiger partial charge in [-0.15, -0.1) is 0 Å². The summed E-state index contributed by atoms with van der Waals surface area (Å²) in [5, 5.41) is 8.72. The van der Waals surface area contributed by atoms with Crippen LogP contribution >= 0.6 is 0 Å². The molecule has 0 heterocycles. The van der Waals surface area contributed by atoms with Gasteiger partial charge in [0.2, 0.25) is 0 Å². The zero-order valence-corrected chi connectivity index (χ0v) is 10.4. The first kappa shape index (κ1) is 14.1. The van der Waals surface area contributed by atoms with Crippen LogP contribution in [0.4, 0.5) is 0 Å². The Morgan fingerprint density at radius 1 is 1.28 bits per heavy atom. The number of benzene rings is 1. The molecule has 0 saturated carbocycles. The fourth-order valence-corrected chi connectivity index (χ4v) is 1.28. The van der Waals surface area contributed by atoms with Gasteiger partial charge in [-0.1, -0.05) is 12.2 Å². The standard InChI is InChI=1S/C13H16O5/c1-16-11-6-10(4-3-5-14)7-12(8-11)18-9-13(15)17-2/h3-4,6-8,14H,5,9H2,1-2H3. The van der Waals surface area contributed by atoms with Crippen LogP contribution in [0.25, 0.3) is 6.08 Å². The second-order valence-electron chi connectivity index (χ2n) is 3.39. The maximum atomic E-state index is 11.0. The molecule has 0 atom stereocenters. The summed E-state index contributed by atoms with van der Waals surface area (Å²) in [6.07, 6.45) is 3.33. The lowest BCUT2D eigenvalue weighted by atomic mass is 10.2. The highest BCUT2D eigenvalue weighted by atomic mass is 16.6. The van der Waals surface area contributed by atoms with Crippen molar-refractivity contribution in [3.05, 3.63) is 29.8 Å². The van der Waals surface area contributed by atoms with Gasteiger partial charge in [-0.05, 0) is 17.7 Å². The number of carbonyl (C=O) groups is 1. The molecular formula is C13H16O5. The van der Waals surface area contributed by atoms with Crippen molar-refractivity contribution in [1.29, 1.82) is 0 Å². The number of rotatable bonds is 6. The molecule has 1 aromatic rings. The Labute approximate surface area is 106 Å². The Balaban J connectivity index is 2.83. The number of hydrogen-bond acceptors (Lipinski definition) is 5. The van der Waals surface area contributed by atoms with E-state index in [0.717, 1.165) is 5.56 Å². The van der Waals surface area contributed by atoms with E-state index < -0.39 is 5.97 Å². The number of hydrogen-bond donors (Lipinski definition) is 1. The molecule has 5 nitrogen and oxygen atoms in total. The van der Waals surface area contributed by atoms with E-state index in [-0.39, 0.29) is 13.2 Å². The minimum Gasteiger partial charge on any atom is -0.497 e. The van der Waals surface area contributed by atoms with Crippen LogP contribution in [0.1, 0.15) is 5.56 Å². The number of carbonyl (C=O) groups excluding carboxylic acids is 1. The molecule has 5 heteroatoms. The summed E-state index contributed by atoms with van der Waals surface area (Å²) in [6, 6.07) is 5.19. The molecule has 0 spiro atoms. The van der Waals surface area contributed by atoms with Crippen molar-refractivity contribution in [2.45, 2.75) is 0 Å². The maximum Gasteiger partial charge on any atom is 0.343 e. The molecule has 0 bridgehead atoms. The molecule has 1 rings (SSSR count). The third kappa shape index (κ3) is 4.47. The van der Waals surface area contributed by atoms with Crippen LogP contribution in [0.15, 0.2) is 24.3 Å². The number of methoxy groups -OCH3 is 2. The Bertz CT molecular complexity index is 425. The highest BCUT2D eigenvalue weighted by Gasteiger charge is 2.04. The minimum absolute atomic E-state index is 0.0461. The van der Waals surface area contributed by atoms with Crippen molar-refractivity contribution < 1.29 is 24.1 Å². The SMILES string of the molecule is COC(=O)COc1cc(C=CCO)cc(OC)c1. The van der Waals surface area contributed by atoms with Gasteiger partial charge in [-0.3, -0.25) is 0 Å². The molecule has 0 fully saturated rings. The van der Waals surface area contributed by atoms with Crippen molar-refractivity contribution in [2.75, 3.05) is 27.4 Å². The van der Waals surface area contributed by atoms with E-state index >= 15 is 0 Å². The molecule has 0 saturated heterocycles. The van der Waals surface area contributed by atoms with Gasteiger partial charge < -0.3 is 19.3 Å². The summed E-state index contributed by atoms with van der Waals surface area (Å²) in [5.41, 5.74) is 0.809. The van der Waals surface area contributed by atoms with E-state index in [1.165, 1.54) is 7.11 Å². The lowest BCUT2D eigenvalue weighted by Gasteiger charge is -2.08. The predicted molar refractivity (Wildman–Crippen MR) is 66.6 cm³/mol. The molecule has 0 aliphatic carbocycles. The highest BCUT2D eigenvalue weighted by Crippen LogP contribution is 2.23. The highest BCUT2D eigenvalue weighted by molar-refractivity contribution is 5.71. The topological polar surface area (TPSA) is 65.0 Å². The van der Waals surface area contributed by atoms with E-state index in [1.807, 2.05) is 0 Å². The minimum atomic E-state index is -0.453. The van der Waals surface area contributed by atoms with E-state index in [4.69, 9.17) is 14.6 Å². The van der Waals surface area contributed by atoms with Gasteiger partial charge in [0.05, 0.1) is 20.8 Å². The fraction of sp³-hybridized carbons (Fsp3) is 0.308. The van der Waals surface area contributed by atoms with E-state index in [0.29, 0.717) is 11.5 Å². The van der Waals surface area contributed by atoms with Crippen molar-refractivity contribution in [3.8, 4) is 11.5 Å². The zero-order valence-electron chi connectivity index (χ0n) is 10.4. The summed E-state index contributed by atoms with van der Waals surface area (Å²) in [7, 11) is 2.84. The van der Waals surface area contributed by atoms with E-state index in [1.54, 1.807) is 37.5 Å². The first-order chi connectivity index (χ1) is 8.69. The molecule has 1 N–H and O–H groups in total. The Morgan fingerprint density at radius 3 is 2.61 bits per heavy atom. The molecule has 18 heavy (non-hydrogen) atoms. The molecule has 0 aliphatic heterocycles. The summed E-state index contributed by atoms with van der Waals surface area (Å²) in [5.74, 6) is 0.651. The first-order valence-electron chi connectivity index (χ1n) is 5.35. The lowest BCUT2D eigenvalue weighted by molar-refractivity contribution is -0.142. The average molecular weight is 252 g/mol. The number of ether oxygens (including phenoxy) is 3. The Kier molecular flexibility index (Phi) is 5.73. The van der Waals surface area contributed by atoms with Crippen LogP contribution in [-0.2, 0) is 9.53 Å². The monoisotopic (exact) mass is 252 g/mol.